The van der Waals surface area contributed by atoms with Crippen LogP contribution in [0, 0.1) is 0 Å². The van der Waals surface area contributed by atoms with Crippen LogP contribution < -0.4 is 0 Å². The van der Waals surface area contributed by atoms with Crippen LogP contribution in [0.5, 0.6) is 0 Å². The second-order valence-corrected chi connectivity index (χ2v) is 6.31. The highest BCUT2D eigenvalue weighted by atomic mass is 16.6. The lowest BCUT2D eigenvalue weighted by molar-refractivity contribution is -0.198. The van der Waals surface area contributed by atoms with Crippen molar-refractivity contribution in [2.75, 3.05) is 0 Å². The largest absolute Gasteiger partial charge is 0.456 e. The molecule has 0 heterocycles. The van der Waals surface area contributed by atoms with Crippen molar-refractivity contribution in [1.29, 1.82) is 0 Å². The van der Waals surface area contributed by atoms with Crippen LogP contribution in [0.2, 0.25) is 0 Å². The lowest BCUT2D eigenvalue weighted by Gasteiger charge is -2.50. The molecule has 4 heteroatoms. The van der Waals surface area contributed by atoms with E-state index in [1.807, 2.05) is 13.8 Å². The van der Waals surface area contributed by atoms with Crippen molar-refractivity contribution in [3.05, 3.63) is 12.2 Å². The van der Waals surface area contributed by atoms with E-state index in [0.29, 0.717) is 37.7 Å². The zero-order chi connectivity index (χ0) is 14.9. The van der Waals surface area contributed by atoms with Gasteiger partial charge in [-0.05, 0) is 26.7 Å². The maximum absolute atomic E-state index is 11.8. The monoisotopic (exact) mass is 270 g/mol. The summed E-state index contributed by atoms with van der Waals surface area (Å²) in [7, 11) is 0. The first-order valence-corrected chi connectivity index (χ1v) is 6.91. The fourth-order valence-electron chi connectivity index (χ4n) is 3.12. The zero-order valence-corrected chi connectivity index (χ0v) is 12.5. The van der Waals surface area contributed by atoms with Crippen LogP contribution in [-0.4, -0.2) is 33.0 Å². The standard InChI is InChI=1S/C15H26O4/c1-6-14(18)8-13(5,17)9-15(7-2,10-14)19-12(16)11(3)4/h17-18H,3,6-10H2,1-2,4-5H3. The molecule has 110 valence electrons. The molecule has 4 nitrogen and oxygen atoms in total. The molecule has 1 rings (SSSR count). The smallest absolute Gasteiger partial charge is 0.333 e. The van der Waals surface area contributed by atoms with Gasteiger partial charge in [-0.15, -0.1) is 0 Å². The van der Waals surface area contributed by atoms with Gasteiger partial charge in [0.25, 0.3) is 0 Å². The Kier molecular flexibility index (Phi) is 4.47. The lowest BCUT2D eigenvalue weighted by atomic mass is 9.66. The van der Waals surface area contributed by atoms with Crippen LogP contribution in [0.15, 0.2) is 12.2 Å². The molecule has 1 saturated carbocycles. The van der Waals surface area contributed by atoms with Gasteiger partial charge in [0, 0.05) is 24.8 Å². The maximum atomic E-state index is 11.8. The number of aliphatic hydroxyl groups is 2. The first-order valence-electron chi connectivity index (χ1n) is 6.91. The van der Waals surface area contributed by atoms with Crippen molar-refractivity contribution in [3.8, 4) is 0 Å². The summed E-state index contributed by atoms with van der Waals surface area (Å²) in [5.41, 5.74) is -2.51. The molecule has 2 N–H and O–H groups in total. The molecule has 0 radical (unpaired) electrons. The summed E-state index contributed by atoms with van der Waals surface area (Å²) in [4.78, 5) is 11.8. The van der Waals surface area contributed by atoms with Gasteiger partial charge >= 0.3 is 5.97 Å². The van der Waals surface area contributed by atoms with Gasteiger partial charge in [0.2, 0.25) is 0 Å². The normalized spacial score (nSPS) is 38.8. The van der Waals surface area contributed by atoms with Gasteiger partial charge in [-0.1, -0.05) is 20.4 Å². The Labute approximate surface area is 115 Å². The SMILES string of the molecule is C=C(C)C(=O)OC1(CC)CC(C)(O)CC(O)(CC)C1. The Balaban J connectivity index is 3.04. The quantitative estimate of drug-likeness (QED) is 0.608. The molecule has 0 aliphatic heterocycles. The van der Waals surface area contributed by atoms with Crippen LogP contribution in [0.1, 0.15) is 59.8 Å². The number of ether oxygens (including phenoxy) is 1. The molecule has 3 unspecified atom stereocenters. The topological polar surface area (TPSA) is 66.8 Å². The molecule has 1 fully saturated rings. The van der Waals surface area contributed by atoms with Gasteiger partial charge in [0.1, 0.15) is 5.60 Å². The van der Waals surface area contributed by atoms with Crippen molar-refractivity contribution in [1.82, 2.24) is 0 Å². The molecule has 0 aromatic heterocycles. The minimum Gasteiger partial charge on any atom is -0.456 e. The highest BCUT2D eigenvalue weighted by Gasteiger charge is 2.52. The van der Waals surface area contributed by atoms with E-state index >= 15 is 0 Å². The predicted octanol–water partition coefficient (Wildman–Crippen LogP) is 2.33. The van der Waals surface area contributed by atoms with Crippen LogP contribution in [0.4, 0.5) is 0 Å². The van der Waals surface area contributed by atoms with Gasteiger partial charge in [0.15, 0.2) is 0 Å². The van der Waals surface area contributed by atoms with Gasteiger partial charge in [-0.2, -0.15) is 0 Å². The molecule has 0 aromatic rings. The van der Waals surface area contributed by atoms with E-state index in [-0.39, 0.29) is 0 Å². The molecule has 0 aromatic carbocycles. The van der Waals surface area contributed by atoms with Crippen LogP contribution in [0.3, 0.4) is 0 Å². The second-order valence-electron chi connectivity index (χ2n) is 6.31. The van der Waals surface area contributed by atoms with Crippen molar-refractivity contribution in [2.45, 2.75) is 76.6 Å². The van der Waals surface area contributed by atoms with Gasteiger partial charge in [-0.3, -0.25) is 0 Å². The van der Waals surface area contributed by atoms with Crippen molar-refractivity contribution in [3.63, 3.8) is 0 Å². The highest BCUT2D eigenvalue weighted by Crippen LogP contribution is 2.46. The first kappa shape index (κ1) is 16.2. The molecule has 0 amide bonds. The number of carbonyl (C=O) groups is 1. The summed E-state index contributed by atoms with van der Waals surface area (Å²) in [6, 6.07) is 0. The third-order valence-electron chi connectivity index (χ3n) is 4.02. The fourth-order valence-corrected chi connectivity index (χ4v) is 3.12. The zero-order valence-electron chi connectivity index (χ0n) is 12.5. The molecule has 0 spiro atoms. The van der Waals surface area contributed by atoms with Crippen LogP contribution in [-0.2, 0) is 9.53 Å². The minimum atomic E-state index is -1.03. The number of hydrogen-bond donors (Lipinski definition) is 2. The number of rotatable bonds is 4. The summed E-state index contributed by atoms with van der Waals surface area (Å²) < 4.78 is 5.56. The highest BCUT2D eigenvalue weighted by molar-refractivity contribution is 5.87. The van der Waals surface area contributed by atoms with Crippen molar-refractivity contribution >= 4 is 5.97 Å². The van der Waals surface area contributed by atoms with E-state index in [2.05, 4.69) is 6.58 Å². The third kappa shape index (κ3) is 3.80. The molecular formula is C15H26O4. The van der Waals surface area contributed by atoms with E-state index < -0.39 is 22.8 Å². The summed E-state index contributed by atoms with van der Waals surface area (Å²) in [5.74, 6) is -0.460. The molecule has 0 bridgehead atoms. The Morgan fingerprint density at radius 3 is 2.21 bits per heavy atom. The van der Waals surface area contributed by atoms with E-state index in [4.69, 9.17) is 4.74 Å². The molecule has 3 atom stereocenters. The summed E-state index contributed by atoms with van der Waals surface area (Å²) in [6.45, 7) is 10.6. The predicted molar refractivity (Wildman–Crippen MR) is 73.6 cm³/mol. The Morgan fingerprint density at radius 1 is 1.21 bits per heavy atom. The van der Waals surface area contributed by atoms with Gasteiger partial charge in [0.05, 0.1) is 11.2 Å². The van der Waals surface area contributed by atoms with Crippen molar-refractivity contribution < 1.29 is 19.7 Å². The van der Waals surface area contributed by atoms with E-state index in [9.17, 15) is 15.0 Å². The number of hydrogen-bond acceptors (Lipinski definition) is 4. The van der Waals surface area contributed by atoms with Gasteiger partial charge < -0.3 is 14.9 Å². The second kappa shape index (κ2) is 5.25. The molecule has 19 heavy (non-hydrogen) atoms. The maximum Gasteiger partial charge on any atom is 0.333 e. The first-order chi connectivity index (χ1) is 8.57. The minimum absolute atomic E-state index is 0.308. The molecule has 1 aliphatic rings. The summed E-state index contributed by atoms with van der Waals surface area (Å²) >= 11 is 0. The van der Waals surface area contributed by atoms with Crippen LogP contribution >= 0.6 is 0 Å². The average Bonchev–Trinajstić information content (AvgIpc) is 2.26. The van der Waals surface area contributed by atoms with E-state index in [0.717, 1.165) is 0 Å². The molecule has 1 aliphatic carbocycles. The Bertz CT molecular complexity index is 374. The summed E-state index contributed by atoms with van der Waals surface area (Å²) in [6.07, 6.45) is 2.10. The lowest BCUT2D eigenvalue weighted by Crippen LogP contribution is -2.56. The van der Waals surface area contributed by atoms with Crippen LogP contribution in [0.25, 0.3) is 0 Å². The Hall–Kier alpha value is -0.870. The fraction of sp³-hybridized carbons (Fsp3) is 0.800. The summed E-state index contributed by atoms with van der Waals surface area (Å²) in [5, 5.41) is 20.9. The number of carbonyl (C=O) groups excluding carboxylic acids is 1. The molecular weight excluding hydrogens is 244 g/mol. The average molecular weight is 270 g/mol. The van der Waals surface area contributed by atoms with Gasteiger partial charge in [-0.25, -0.2) is 4.79 Å². The number of esters is 1. The van der Waals surface area contributed by atoms with Crippen molar-refractivity contribution in [2.24, 2.45) is 0 Å². The van der Waals surface area contributed by atoms with E-state index in [1.54, 1.807) is 13.8 Å². The third-order valence-corrected chi connectivity index (χ3v) is 4.02. The Morgan fingerprint density at radius 2 is 1.79 bits per heavy atom. The van der Waals surface area contributed by atoms with E-state index in [1.165, 1.54) is 0 Å². The molecule has 0 saturated heterocycles.